The van der Waals surface area contributed by atoms with Crippen LogP contribution in [0.2, 0.25) is 0 Å². The van der Waals surface area contributed by atoms with E-state index in [0.717, 1.165) is 122 Å². The van der Waals surface area contributed by atoms with Gasteiger partial charge in [0.2, 0.25) is 0 Å². The van der Waals surface area contributed by atoms with E-state index < -0.39 is 26.5 Å². The molecule has 0 amide bonds. The number of nitrogens with zero attached hydrogens (tertiary/aromatic N) is 1. The molecule has 0 rings (SSSR count). The molecule has 0 bridgehead atoms. The van der Waals surface area contributed by atoms with Crippen molar-refractivity contribution in [2.75, 3.05) is 47.5 Å². The van der Waals surface area contributed by atoms with Crippen LogP contribution in [0, 0.1) is 0 Å². The molecular formula is C84H149NO8P+. The first kappa shape index (κ1) is 90.4. The van der Waals surface area contributed by atoms with Crippen molar-refractivity contribution >= 4 is 19.8 Å². The Morgan fingerprint density at radius 2 is 0.606 bits per heavy atom. The maximum Gasteiger partial charge on any atom is 0.472 e. The summed E-state index contributed by atoms with van der Waals surface area (Å²) in [6, 6.07) is 0. The normalized spacial score (nSPS) is 13.7. The van der Waals surface area contributed by atoms with E-state index in [0.29, 0.717) is 17.4 Å². The first-order valence-corrected chi connectivity index (χ1v) is 40.8. The van der Waals surface area contributed by atoms with Crippen molar-refractivity contribution < 1.29 is 42.1 Å². The third-order valence-electron chi connectivity index (χ3n) is 17.0. The van der Waals surface area contributed by atoms with Gasteiger partial charge in [0, 0.05) is 12.8 Å². The number of carbonyl (C=O) groups is 2. The number of esters is 2. The highest BCUT2D eigenvalue weighted by atomic mass is 31.2. The zero-order valence-electron chi connectivity index (χ0n) is 61.9. The van der Waals surface area contributed by atoms with Crippen LogP contribution in [0.5, 0.6) is 0 Å². The van der Waals surface area contributed by atoms with Crippen LogP contribution in [0.3, 0.4) is 0 Å². The second-order valence-electron chi connectivity index (χ2n) is 27.4. The van der Waals surface area contributed by atoms with Gasteiger partial charge >= 0.3 is 19.8 Å². The Bertz CT molecular complexity index is 2010. The van der Waals surface area contributed by atoms with Crippen molar-refractivity contribution in [2.45, 2.75) is 354 Å². The summed E-state index contributed by atoms with van der Waals surface area (Å²) in [5.74, 6) is -0.807. The molecular weight excluding hydrogens is 1180 g/mol. The Kier molecular flexibility index (Phi) is 70.8. The van der Waals surface area contributed by atoms with Gasteiger partial charge in [-0.3, -0.25) is 18.6 Å². The first-order valence-electron chi connectivity index (χ1n) is 39.3. The van der Waals surface area contributed by atoms with E-state index >= 15 is 0 Å². The fourth-order valence-electron chi connectivity index (χ4n) is 11.0. The lowest BCUT2D eigenvalue weighted by Crippen LogP contribution is -2.37. The Hall–Kier alpha value is -3.59. The number of rotatable bonds is 72. The standard InChI is InChI=1S/C84H148NO8P/c1-6-8-10-12-14-16-18-20-22-24-26-28-30-32-34-36-38-40-41-42-43-45-47-49-51-53-55-57-59-61-63-65-67-69-71-73-75-77-84(87)93-82(81-92-94(88,89)91-79-78-85(3,4)5)80-90-83(86)76-74-72-70-68-66-64-62-60-58-56-54-52-50-48-46-44-39-37-35-33-31-29-27-25-23-21-19-17-15-13-11-9-7-2/h8,10,14,16,20,22,26,28,32,34,38,40,42-43,47,49,53,55,59,61,82H,6-7,9,11-13,15,17-19,21,23-25,27,29-31,33,35-37,39,41,44-46,48,50-52,54,56-58,60,62-81H2,1-5H3/p+1/b10-8-,16-14-,22-20-,28-26-,34-32-,40-38-,43-42-,49-47-,55-53-,61-59-. The van der Waals surface area contributed by atoms with Crippen molar-refractivity contribution in [2.24, 2.45) is 0 Å². The predicted molar refractivity (Wildman–Crippen MR) is 408 cm³/mol. The molecule has 0 saturated heterocycles. The summed E-state index contributed by atoms with van der Waals surface area (Å²) in [6.45, 7) is 4.34. The number of carbonyl (C=O) groups excluding carboxylic acids is 2. The van der Waals surface area contributed by atoms with Gasteiger partial charge in [0.05, 0.1) is 27.7 Å². The molecule has 0 aliphatic carbocycles. The Labute approximate surface area is 581 Å². The minimum Gasteiger partial charge on any atom is -0.462 e. The maximum absolute atomic E-state index is 12.9. The molecule has 1 N–H and O–H groups in total. The molecule has 0 aliphatic heterocycles. The number of likely N-dealkylation sites (N-methyl/N-ethyl adjacent to an activating group) is 1. The number of phosphoric acid groups is 1. The van der Waals surface area contributed by atoms with Crippen molar-refractivity contribution in [3.8, 4) is 0 Å². The van der Waals surface area contributed by atoms with E-state index in [9.17, 15) is 19.0 Å². The topological polar surface area (TPSA) is 108 Å². The molecule has 9 nitrogen and oxygen atoms in total. The molecule has 0 aliphatic rings. The molecule has 0 heterocycles. The molecule has 542 valence electrons. The third kappa shape index (κ3) is 77.4. The van der Waals surface area contributed by atoms with E-state index in [1.54, 1.807) is 0 Å². The molecule has 0 aromatic rings. The first-order chi connectivity index (χ1) is 46.0. The highest BCUT2D eigenvalue weighted by molar-refractivity contribution is 7.47. The molecule has 0 saturated carbocycles. The predicted octanol–water partition coefficient (Wildman–Crippen LogP) is 26.2. The number of hydrogen-bond acceptors (Lipinski definition) is 7. The molecule has 0 aromatic heterocycles. The lowest BCUT2D eigenvalue weighted by molar-refractivity contribution is -0.870. The van der Waals surface area contributed by atoms with E-state index in [4.69, 9.17) is 18.5 Å². The van der Waals surface area contributed by atoms with Crippen molar-refractivity contribution in [3.05, 3.63) is 122 Å². The summed E-state index contributed by atoms with van der Waals surface area (Å²) in [6.07, 6.45) is 106. The zero-order valence-corrected chi connectivity index (χ0v) is 62.8. The minimum absolute atomic E-state index is 0.0244. The highest BCUT2D eigenvalue weighted by Gasteiger charge is 2.27. The van der Waals surface area contributed by atoms with Crippen molar-refractivity contribution in [3.63, 3.8) is 0 Å². The minimum atomic E-state index is -4.41. The Balaban J connectivity index is 4.05. The van der Waals surface area contributed by atoms with Gasteiger partial charge < -0.3 is 18.9 Å². The van der Waals surface area contributed by atoms with E-state index in [2.05, 4.69) is 135 Å². The molecule has 94 heavy (non-hydrogen) atoms. The van der Waals surface area contributed by atoms with Crippen LogP contribution in [0.25, 0.3) is 0 Å². The largest absolute Gasteiger partial charge is 0.472 e. The van der Waals surface area contributed by atoms with Gasteiger partial charge in [-0.2, -0.15) is 0 Å². The van der Waals surface area contributed by atoms with Gasteiger partial charge in [0.25, 0.3) is 0 Å². The number of quaternary nitrogens is 1. The average Bonchev–Trinajstić information content (AvgIpc) is 1.56. The average molecular weight is 1330 g/mol. The molecule has 0 radical (unpaired) electrons. The fourth-order valence-corrected chi connectivity index (χ4v) is 11.8. The maximum atomic E-state index is 12.9. The zero-order chi connectivity index (χ0) is 68.3. The van der Waals surface area contributed by atoms with Crippen LogP contribution in [0.1, 0.15) is 348 Å². The quantitative estimate of drug-likeness (QED) is 0.0211. The number of phosphoric ester groups is 1. The van der Waals surface area contributed by atoms with Crippen LogP contribution < -0.4 is 0 Å². The number of hydrogen-bond donors (Lipinski definition) is 1. The molecule has 2 unspecified atom stereocenters. The third-order valence-corrected chi connectivity index (χ3v) is 18.0. The van der Waals surface area contributed by atoms with Gasteiger partial charge in [-0.1, -0.05) is 367 Å². The van der Waals surface area contributed by atoms with Crippen LogP contribution >= 0.6 is 7.82 Å². The summed E-state index contributed by atoms with van der Waals surface area (Å²) in [5, 5.41) is 0. The highest BCUT2D eigenvalue weighted by Crippen LogP contribution is 2.43. The van der Waals surface area contributed by atoms with Gasteiger partial charge in [-0.25, -0.2) is 4.57 Å². The SMILES string of the molecule is CC/C=C\C/C=C\C/C=C\C/C=C\C/C=C\C/C=C\C/C=C\C/C=C\C/C=C\C/C=C\CCCCCCCCC(=O)OC(COC(=O)CCCCCCCCCCCCCCCCCCCCCCCCCCCCCCCCCCC)COP(=O)(O)OCC[N+](C)(C)C. The van der Waals surface area contributed by atoms with Gasteiger partial charge in [-0.15, -0.1) is 0 Å². The Morgan fingerprint density at radius 3 is 0.904 bits per heavy atom. The van der Waals surface area contributed by atoms with E-state index in [1.807, 2.05) is 21.1 Å². The summed E-state index contributed by atoms with van der Waals surface area (Å²) in [5.41, 5.74) is 0. The van der Waals surface area contributed by atoms with Crippen molar-refractivity contribution in [1.82, 2.24) is 0 Å². The summed E-state index contributed by atoms with van der Waals surface area (Å²) < 4.78 is 34.8. The molecule has 10 heteroatoms. The summed E-state index contributed by atoms with van der Waals surface area (Å²) in [4.78, 5) is 36.0. The smallest absolute Gasteiger partial charge is 0.462 e. The second-order valence-corrected chi connectivity index (χ2v) is 28.8. The lowest BCUT2D eigenvalue weighted by Gasteiger charge is -2.24. The fraction of sp³-hybridized carbons (Fsp3) is 0.738. The Morgan fingerprint density at radius 1 is 0.340 bits per heavy atom. The molecule has 0 spiro atoms. The van der Waals surface area contributed by atoms with Crippen LogP contribution in [-0.4, -0.2) is 74.9 Å². The lowest BCUT2D eigenvalue weighted by atomic mass is 10.0. The van der Waals surface area contributed by atoms with E-state index in [1.165, 1.54) is 193 Å². The van der Waals surface area contributed by atoms with Crippen molar-refractivity contribution in [1.29, 1.82) is 0 Å². The number of unbranched alkanes of at least 4 members (excludes halogenated alkanes) is 38. The molecule has 0 fully saturated rings. The number of ether oxygens (including phenoxy) is 2. The summed E-state index contributed by atoms with van der Waals surface area (Å²) in [7, 11) is 1.46. The van der Waals surface area contributed by atoms with Gasteiger partial charge in [0.15, 0.2) is 6.10 Å². The van der Waals surface area contributed by atoms with Crippen LogP contribution in [0.15, 0.2) is 122 Å². The van der Waals surface area contributed by atoms with Crippen LogP contribution in [-0.2, 0) is 32.7 Å². The second kappa shape index (κ2) is 73.7. The van der Waals surface area contributed by atoms with Gasteiger partial charge in [-0.05, 0) is 89.9 Å². The monoisotopic (exact) mass is 1330 g/mol. The van der Waals surface area contributed by atoms with Crippen LogP contribution in [0.4, 0.5) is 0 Å². The molecule has 2 atom stereocenters. The molecule has 0 aromatic carbocycles. The summed E-state index contributed by atoms with van der Waals surface area (Å²) >= 11 is 0. The van der Waals surface area contributed by atoms with Gasteiger partial charge in [0.1, 0.15) is 19.8 Å². The number of allylic oxidation sites excluding steroid dienone is 20. The van der Waals surface area contributed by atoms with E-state index in [-0.39, 0.29) is 32.0 Å².